The van der Waals surface area contributed by atoms with Crippen LogP contribution in [0, 0.1) is 0 Å². The first-order valence-corrected chi connectivity index (χ1v) is 14.2. The van der Waals surface area contributed by atoms with Crippen LogP contribution in [0.15, 0.2) is 152 Å². The van der Waals surface area contributed by atoms with E-state index in [2.05, 4.69) is 162 Å². The number of aromatic amines is 2. The Labute approximate surface area is 238 Å². The number of benzene rings is 6. The van der Waals surface area contributed by atoms with E-state index in [1.165, 1.54) is 49.4 Å². The molecule has 2 N–H and O–H groups in total. The second-order valence-electron chi connectivity index (χ2n) is 10.7. The van der Waals surface area contributed by atoms with Crippen molar-refractivity contribution in [1.82, 2.24) is 9.97 Å². The van der Waals surface area contributed by atoms with Gasteiger partial charge in [0.05, 0.1) is 11.4 Å². The molecule has 6 aromatic carbocycles. The van der Waals surface area contributed by atoms with Crippen molar-refractivity contribution in [3.63, 3.8) is 0 Å². The molecular formula is C39H28N2. The van der Waals surface area contributed by atoms with E-state index in [0.717, 1.165) is 22.4 Å². The standard InChI is InChI=1S/C39H28N2/c1-3-15-27(16-4-1)38-36(31-21-9-11-24-33(31)40-38)35(30-23-13-19-26-14-7-8-20-29(26)30)37-32-22-10-12-25-34(32)41-39(37)28-17-5-2-6-18-28/h1-25,35,40-41H. The molecule has 0 aliphatic rings. The van der Waals surface area contributed by atoms with Crippen LogP contribution in [0.1, 0.15) is 22.6 Å². The summed E-state index contributed by atoms with van der Waals surface area (Å²) in [5.74, 6) is -0.0428. The summed E-state index contributed by atoms with van der Waals surface area (Å²) in [5, 5.41) is 5.01. The normalized spacial score (nSPS) is 11.6. The number of aromatic nitrogens is 2. The second-order valence-corrected chi connectivity index (χ2v) is 10.7. The zero-order valence-corrected chi connectivity index (χ0v) is 22.5. The maximum Gasteiger partial charge on any atom is 0.0507 e. The zero-order chi connectivity index (χ0) is 27.2. The Morgan fingerprint density at radius 3 is 1.37 bits per heavy atom. The van der Waals surface area contributed by atoms with Crippen molar-refractivity contribution < 1.29 is 0 Å². The molecule has 194 valence electrons. The topological polar surface area (TPSA) is 31.6 Å². The Balaban J connectivity index is 1.56. The van der Waals surface area contributed by atoms with Crippen LogP contribution >= 0.6 is 0 Å². The Kier molecular flexibility index (Phi) is 5.56. The van der Waals surface area contributed by atoms with E-state index in [1.54, 1.807) is 0 Å². The lowest BCUT2D eigenvalue weighted by molar-refractivity contribution is 1.02. The number of fused-ring (bicyclic) bond motifs is 3. The summed E-state index contributed by atoms with van der Waals surface area (Å²) in [4.78, 5) is 7.68. The molecule has 0 unspecified atom stereocenters. The van der Waals surface area contributed by atoms with Gasteiger partial charge in [0.1, 0.15) is 0 Å². The van der Waals surface area contributed by atoms with Gasteiger partial charge < -0.3 is 9.97 Å². The average Bonchev–Trinajstić information content (AvgIpc) is 3.62. The minimum atomic E-state index is -0.0428. The molecule has 2 heterocycles. The molecule has 41 heavy (non-hydrogen) atoms. The van der Waals surface area contributed by atoms with Crippen molar-refractivity contribution in [2.75, 3.05) is 0 Å². The molecule has 2 nitrogen and oxygen atoms in total. The highest BCUT2D eigenvalue weighted by molar-refractivity contribution is 5.99. The fourth-order valence-electron chi connectivity index (χ4n) is 6.55. The van der Waals surface area contributed by atoms with Crippen LogP contribution in [-0.2, 0) is 0 Å². The minimum Gasteiger partial charge on any atom is -0.354 e. The van der Waals surface area contributed by atoms with Crippen LogP contribution in [-0.4, -0.2) is 9.97 Å². The monoisotopic (exact) mass is 524 g/mol. The first-order valence-electron chi connectivity index (χ1n) is 14.2. The van der Waals surface area contributed by atoms with Gasteiger partial charge in [-0.2, -0.15) is 0 Å². The molecule has 8 rings (SSSR count). The van der Waals surface area contributed by atoms with Gasteiger partial charge in [-0.05, 0) is 50.7 Å². The van der Waals surface area contributed by atoms with E-state index in [0.29, 0.717) is 0 Å². The fourth-order valence-corrected chi connectivity index (χ4v) is 6.55. The number of hydrogen-bond donors (Lipinski definition) is 2. The maximum absolute atomic E-state index is 3.84. The van der Waals surface area contributed by atoms with Crippen LogP contribution in [0.25, 0.3) is 55.1 Å². The molecule has 0 atom stereocenters. The maximum atomic E-state index is 3.84. The summed E-state index contributed by atoms with van der Waals surface area (Å²) in [6.07, 6.45) is 0. The third-order valence-corrected chi connectivity index (χ3v) is 8.33. The molecule has 0 aliphatic carbocycles. The van der Waals surface area contributed by atoms with E-state index in [9.17, 15) is 0 Å². The number of nitrogens with one attached hydrogen (secondary N) is 2. The summed E-state index contributed by atoms with van der Waals surface area (Å²) in [6, 6.07) is 54.5. The first-order chi connectivity index (χ1) is 20.4. The van der Waals surface area contributed by atoms with Crippen molar-refractivity contribution in [3.05, 3.63) is 168 Å². The lowest BCUT2D eigenvalue weighted by Gasteiger charge is -2.23. The lowest BCUT2D eigenvalue weighted by Crippen LogP contribution is -2.07. The van der Waals surface area contributed by atoms with E-state index < -0.39 is 0 Å². The van der Waals surface area contributed by atoms with E-state index >= 15 is 0 Å². The van der Waals surface area contributed by atoms with Crippen LogP contribution in [0.2, 0.25) is 0 Å². The highest BCUT2D eigenvalue weighted by Gasteiger charge is 2.31. The summed E-state index contributed by atoms with van der Waals surface area (Å²) >= 11 is 0. The van der Waals surface area contributed by atoms with Crippen LogP contribution < -0.4 is 0 Å². The van der Waals surface area contributed by atoms with Crippen molar-refractivity contribution >= 4 is 32.6 Å². The molecular weight excluding hydrogens is 496 g/mol. The van der Waals surface area contributed by atoms with Gasteiger partial charge in [-0.25, -0.2) is 0 Å². The van der Waals surface area contributed by atoms with E-state index in [4.69, 9.17) is 0 Å². The third kappa shape index (κ3) is 3.88. The van der Waals surface area contributed by atoms with Crippen molar-refractivity contribution in [3.8, 4) is 22.5 Å². The Morgan fingerprint density at radius 2 is 0.805 bits per heavy atom. The second kappa shape index (κ2) is 9.69. The minimum absolute atomic E-state index is 0.0428. The molecule has 0 spiro atoms. The molecule has 2 aromatic heterocycles. The molecule has 0 radical (unpaired) electrons. The molecule has 0 amide bonds. The van der Waals surface area contributed by atoms with Crippen molar-refractivity contribution in [1.29, 1.82) is 0 Å². The molecule has 0 aliphatic heterocycles. The number of rotatable bonds is 5. The predicted octanol–water partition coefficient (Wildman–Crippen LogP) is 10.3. The summed E-state index contributed by atoms with van der Waals surface area (Å²) in [7, 11) is 0. The van der Waals surface area contributed by atoms with Crippen molar-refractivity contribution in [2.45, 2.75) is 5.92 Å². The molecule has 0 fully saturated rings. The van der Waals surface area contributed by atoms with Gasteiger partial charge in [0, 0.05) is 27.7 Å². The average molecular weight is 525 g/mol. The first kappa shape index (κ1) is 23.5. The van der Waals surface area contributed by atoms with Gasteiger partial charge in [0.15, 0.2) is 0 Å². The SMILES string of the molecule is c1ccc(-c2[nH]c3ccccc3c2C(c2cccc3ccccc23)c2c(-c3ccccc3)[nH]c3ccccc23)cc1. The van der Waals surface area contributed by atoms with Gasteiger partial charge in [0.2, 0.25) is 0 Å². The highest BCUT2D eigenvalue weighted by Crippen LogP contribution is 2.48. The summed E-state index contributed by atoms with van der Waals surface area (Å²) in [6.45, 7) is 0. The van der Waals surface area contributed by atoms with Gasteiger partial charge in [-0.15, -0.1) is 0 Å². The quantitative estimate of drug-likeness (QED) is 0.224. The molecule has 8 aromatic rings. The summed E-state index contributed by atoms with van der Waals surface area (Å²) in [5.41, 5.74) is 10.9. The van der Waals surface area contributed by atoms with Crippen LogP contribution in [0.3, 0.4) is 0 Å². The predicted molar refractivity (Wildman–Crippen MR) is 172 cm³/mol. The smallest absolute Gasteiger partial charge is 0.0507 e. The Hall–Kier alpha value is -5.34. The largest absolute Gasteiger partial charge is 0.354 e. The van der Waals surface area contributed by atoms with E-state index in [-0.39, 0.29) is 5.92 Å². The van der Waals surface area contributed by atoms with Gasteiger partial charge in [-0.1, -0.05) is 140 Å². The van der Waals surface area contributed by atoms with Gasteiger partial charge >= 0.3 is 0 Å². The number of para-hydroxylation sites is 2. The summed E-state index contributed by atoms with van der Waals surface area (Å²) < 4.78 is 0. The van der Waals surface area contributed by atoms with Gasteiger partial charge in [0.25, 0.3) is 0 Å². The highest BCUT2D eigenvalue weighted by atomic mass is 14.7. The Morgan fingerprint density at radius 1 is 0.366 bits per heavy atom. The lowest BCUT2D eigenvalue weighted by atomic mass is 9.78. The zero-order valence-electron chi connectivity index (χ0n) is 22.5. The number of hydrogen-bond acceptors (Lipinski definition) is 0. The van der Waals surface area contributed by atoms with Crippen LogP contribution in [0.5, 0.6) is 0 Å². The third-order valence-electron chi connectivity index (χ3n) is 8.33. The molecule has 2 heteroatoms. The van der Waals surface area contributed by atoms with Crippen LogP contribution in [0.4, 0.5) is 0 Å². The van der Waals surface area contributed by atoms with E-state index in [1.807, 2.05) is 0 Å². The fraction of sp³-hybridized carbons (Fsp3) is 0.0256. The molecule has 0 saturated heterocycles. The van der Waals surface area contributed by atoms with Gasteiger partial charge in [-0.3, -0.25) is 0 Å². The van der Waals surface area contributed by atoms with Crippen molar-refractivity contribution in [2.24, 2.45) is 0 Å². The number of H-pyrrole nitrogens is 2. The molecule has 0 saturated carbocycles. The Bertz CT molecular complexity index is 2030. The molecule has 0 bridgehead atoms.